The largest absolute Gasteiger partial charge is 0.316 e. The van der Waals surface area contributed by atoms with E-state index in [4.69, 9.17) is 23.2 Å². The molecule has 0 aromatic heterocycles. The summed E-state index contributed by atoms with van der Waals surface area (Å²) in [4.78, 5) is 2.59. The van der Waals surface area contributed by atoms with Gasteiger partial charge in [0.25, 0.3) is 0 Å². The molecule has 3 unspecified atom stereocenters. The van der Waals surface area contributed by atoms with E-state index >= 15 is 0 Å². The number of hydrogen-bond acceptors (Lipinski definition) is 2. The van der Waals surface area contributed by atoms with E-state index in [2.05, 4.69) is 24.3 Å². The third kappa shape index (κ3) is 3.24. The van der Waals surface area contributed by atoms with Crippen LogP contribution in [0.3, 0.4) is 0 Å². The lowest BCUT2D eigenvalue weighted by Gasteiger charge is -2.40. The highest BCUT2D eigenvalue weighted by Gasteiger charge is 2.40. The van der Waals surface area contributed by atoms with Gasteiger partial charge in [-0.15, -0.1) is 0 Å². The Bertz CT molecular complexity index is 492. The van der Waals surface area contributed by atoms with Crippen molar-refractivity contribution in [2.24, 2.45) is 5.92 Å². The van der Waals surface area contributed by atoms with Crippen LogP contribution in [0.1, 0.15) is 31.2 Å². The Hall–Kier alpha value is -0.280. The number of piperidine rings is 1. The van der Waals surface area contributed by atoms with Crippen molar-refractivity contribution in [3.63, 3.8) is 0 Å². The molecule has 4 heteroatoms. The molecular weight excluding hydrogens is 303 g/mol. The molecule has 0 saturated carbocycles. The molecule has 3 rings (SSSR count). The Kier molecular flexibility index (Phi) is 4.80. The van der Waals surface area contributed by atoms with Gasteiger partial charge in [-0.2, -0.15) is 0 Å². The minimum absolute atomic E-state index is 0.484. The maximum absolute atomic E-state index is 6.33. The zero-order chi connectivity index (χ0) is 15.0. The summed E-state index contributed by atoms with van der Waals surface area (Å²) in [5.74, 6) is 0.735. The van der Waals surface area contributed by atoms with Crippen LogP contribution in [0.4, 0.5) is 0 Å². The fourth-order valence-electron chi connectivity index (χ4n) is 4.22. The monoisotopic (exact) mass is 326 g/mol. The summed E-state index contributed by atoms with van der Waals surface area (Å²) in [6.07, 6.45) is 6.30. The highest BCUT2D eigenvalue weighted by molar-refractivity contribution is 6.33. The van der Waals surface area contributed by atoms with Crippen LogP contribution in [-0.2, 0) is 6.42 Å². The van der Waals surface area contributed by atoms with Crippen LogP contribution < -0.4 is 5.32 Å². The molecule has 1 aromatic carbocycles. The van der Waals surface area contributed by atoms with E-state index in [1.807, 2.05) is 18.2 Å². The average Bonchev–Trinajstić information content (AvgIpc) is 2.69. The normalized spacial score (nSPS) is 30.6. The van der Waals surface area contributed by atoms with Crippen LogP contribution in [0.15, 0.2) is 18.2 Å². The second kappa shape index (κ2) is 6.45. The van der Waals surface area contributed by atoms with Gasteiger partial charge in [0, 0.05) is 28.2 Å². The average molecular weight is 327 g/mol. The Morgan fingerprint density at radius 2 is 1.90 bits per heavy atom. The molecule has 3 atom stereocenters. The van der Waals surface area contributed by atoms with Crippen molar-refractivity contribution in [3.05, 3.63) is 33.8 Å². The highest BCUT2D eigenvalue weighted by Crippen LogP contribution is 2.39. The number of benzene rings is 1. The third-order valence-corrected chi connectivity index (χ3v) is 6.13. The molecule has 1 aromatic rings. The van der Waals surface area contributed by atoms with Gasteiger partial charge in [0.2, 0.25) is 0 Å². The zero-order valence-corrected chi connectivity index (χ0v) is 14.3. The summed E-state index contributed by atoms with van der Waals surface area (Å²) >= 11 is 12.5. The molecule has 1 N–H and O–H groups in total. The van der Waals surface area contributed by atoms with E-state index in [1.165, 1.54) is 25.7 Å². The van der Waals surface area contributed by atoms with Gasteiger partial charge in [0.15, 0.2) is 0 Å². The molecule has 2 aliphatic rings. The summed E-state index contributed by atoms with van der Waals surface area (Å²) in [6.45, 7) is 0. The van der Waals surface area contributed by atoms with Crippen molar-refractivity contribution in [1.29, 1.82) is 0 Å². The van der Waals surface area contributed by atoms with Crippen molar-refractivity contribution in [3.8, 4) is 0 Å². The quantitative estimate of drug-likeness (QED) is 0.899. The topological polar surface area (TPSA) is 15.3 Å². The number of fused-ring (bicyclic) bond motifs is 2. The van der Waals surface area contributed by atoms with Crippen LogP contribution in [-0.4, -0.2) is 37.1 Å². The molecule has 0 amide bonds. The Labute approximate surface area is 137 Å². The molecule has 2 aliphatic heterocycles. The second-order valence-electron chi connectivity index (χ2n) is 6.62. The van der Waals surface area contributed by atoms with Crippen molar-refractivity contribution >= 4 is 23.2 Å². The lowest BCUT2D eigenvalue weighted by molar-refractivity contribution is 0.114. The molecule has 0 spiro atoms. The Balaban J connectivity index is 1.72. The van der Waals surface area contributed by atoms with Crippen molar-refractivity contribution in [2.75, 3.05) is 14.1 Å². The van der Waals surface area contributed by atoms with Gasteiger partial charge in [0.05, 0.1) is 0 Å². The van der Waals surface area contributed by atoms with Crippen molar-refractivity contribution in [1.82, 2.24) is 10.2 Å². The van der Waals surface area contributed by atoms with Crippen LogP contribution in [0.25, 0.3) is 0 Å². The lowest BCUT2D eigenvalue weighted by atomic mass is 9.82. The van der Waals surface area contributed by atoms with Crippen LogP contribution in [0.5, 0.6) is 0 Å². The molecule has 116 valence electrons. The van der Waals surface area contributed by atoms with Gasteiger partial charge < -0.3 is 10.2 Å². The lowest BCUT2D eigenvalue weighted by Crippen LogP contribution is -2.47. The fourth-order valence-corrected chi connectivity index (χ4v) is 4.61. The second-order valence-corrected chi connectivity index (χ2v) is 7.46. The van der Waals surface area contributed by atoms with Crippen LogP contribution >= 0.6 is 23.2 Å². The summed E-state index contributed by atoms with van der Waals surface area (Å²) in [5, 5.41) is 5.13. The van der Waals surface area contributed by atoms with E-state index in [0.29, 0.717) is 6.04 Å². The predicted octanol–water partition coefficient (Wildman–Crippen LogP) is 4.00. The van der Waals surface area contributed by atoms with E-state index < -0.39 is 0 Å². The number of nitrogens with one attached hydrogen (secondary N) is 1. The molecule has 2 heterocycles. The van der Waals surface area contributed by atoms with Gasteiger partial charge in [0.1, 0.15) is 0 Å². The zero-order valence-electron chi connectivity index (χ0n) is 12.8. The summed E-state index contributed by atoms with van der Waals surface area (Å²) in [5.41, 5.74) is 1.16. The molecule has 21 heavy (non-hydrogen) atoms. The summed E-state index contributed by atoms with van der Waals surface area (Å²) in [7, 11) is 4.37. The number of hydrogen-bond donors (Lipinski definition) is 1. The SMILES string of the molecule is CNC(Cc1cc(Cl)ccc1Cl)C1CC2CCC(C1)N2C. The smallest absolute Gasteiger partial charge is 0.0439 e. The maximum Gasteiger partial charge on any atom is 0.0439 e. The first kappa shape index (κ1) is 15.6. The van der Waals surface area contributed by atoms with E-state index in [9.17, 15) is 0 Å². The highest BCUT2D eigenvalue weighted by atomic mass is 35.5. The Morgan fingerprint density at radius 1 is 1.24 bits per heavy atom. The third-order valence-electron chi connectivity index (χ3n) is 5.52. The molecule has 2 saturated heterocycles. The molecule has 0 radical (unpaired) electrons. The summed E-state index contributed by atoms with van der Waals surface area (Å²) < 4.78 is 0. The van der Waals surface area contributed by atoms with Gasteiger partial charge >= 0.3 is 0 Å². The minimum Gasteiger partial charge on any atom is -0.316 e. The predicted molar refractivity (Wildman–Crippen MR) is 90.3 cm³/mol. The number of likely N-dealkylation sites (N-methyl/N-ethyl adjacent to an activating group) is 1. The van der Waals surface area contributed by atoms with Crippen LogP contribution in [0, 0.1) is 5.92 Å². The first-order chi connectivity index (χ1) is 10.1. The first-order valence-corrected chi connectivity index (χ1v) is 8.67. The molecule has 0 aliphatic carbocycles. The molecule has 2 fully saturated rings. The van der Waals surface area contributed by atoms with Crippen molar-refractivity contribution in [2.45, 2.75) is 50.2 Å². The van der Waals surface area contributed by atoms with E-state index in [0.717, 1.165) is 40.0 Å². The van der Waals surface area contributed by atoms with Gasteiger partial charge in [-0.05, 0) is 75.9 Å². The van der Waals surface area contributed by atoms with Crippen LogP contribution in [0.2, 0.25) is 10.0 Å². The number of rotatable bonds is 4. The molecular formula is C17H24Cl2N2. The fraction of sp³-hybridized carbons (Fsp3) is 0.647. The molecule has 2 nitrogen and oxygen atoms in total. The molecule has 2 bridgehead atoms. The minimum atomic E-state index is 0.484. The van der Waals surface area contributed by atoms with Gasteiger partial charge in [-0.25, -0.2) is 0 Å². The number of halogens is 2. The Morgan fingerprint density at radius 3 is 2.52 bits per heavy atom. The maximum atomic E-state index is 6.33. The van der Waals surface area contributed by atoms with E-state index in [-0.39, 0.29) is 0 Å². The first-order valence-electron chi connectivity index (χ1n) is 7.91. The summed E-state index contributed by atoms with van der Waals surface area (Å²) in [6, 6.07) is 7.82. The van der Waals surface area contributed by atoms with E-state index in [1.54, 1.807) is 0 Å². The van der Waals surface area contributed by atoms with Gasteiger partial charge in [-0.3, -0.25) is 0 Å². The van der Waals surface area contributed by atoms with Crippen molar-refractivity contribution < 1.29 is 0 Å². The number of nitrogens with zero attached hydrogens (tertiary/aromatic N) is 1. The van der Waals surface area contributed by atoms with Gasteiger partial charge in [-0.1, -0.05) is 23.2 Å². The standard InChI is InChI=1S/C17H24Cl2N2/c1-20-17(10-11-7-13(18)3-6-16(11)19)12-8-14-4-5-15(9-12)21(14)2/h3,6-7,12,14-15,17,20H,4-5,8-10H2,1-2H3.